The number of carbonyl (C=O) groups excluding carboxylic acids is 1. The van der Waals surface area contributed by atoms with Crippen LogP contribution in [-0.2, 0) is 9.53 Å². The van der Waals surface area contributed by atoms with Crippen LogP contribution in [0.3, 0.4) is 0 Å². The van der Waals surface area contributed by atoms with Crippen molar-refractivity contribution in [3.05, 3.63) is 48.2 Å². The Morgan fingerprint density at radius 3 is 2.54 bits per heavy atom. The lowest BCUT2D eigenvalue weighted by atomic mass is 9.99. The maximum Gasteiger partial charge on any atom is 0.243 e. The molecule has 0 spiro atoms. The van der Waals surface area contributed by atoms with Crippen molar-refractivity contribution in [1.82, 2.24) is 21.4 Å². The second kappa shape index (κ2) is 12.5. The number of nitrogens with zero attached hydrogens (tertiary/aromatic N) is 1. The minimum absolute atomic E-state index is 0.327. The van der Waals surface area contributed by atoms with Gasteiger partial charge < -0.3 is 35.3 Å². The Morgan fingerprint density at radius 2 is 1.76 bits per heavy atom. The van der Waals surface area contributed by atoms with Crippen molar-refractivity contribution in [1.29, 1.82) is 0 Å². The predicted molar refractivity (Wildman–Crippen MR) is 132 cm³/mol. The minimum Gasteiger partial charge on any atom is -0.462 e. The summed E-state index contributed by atoms with van der Waals surface area (Å²) in [6.45, 7) is 0.280. The highest BCUT2D eigenvalue weighted by atomic mass is 16.7. The molecule has 0 unspecified atom stereocenters. The molecule has 5 atom stereocenters. The molecule has 2 aromatic rings. The predicted octanol–water partition coefficient (Wildman–Crippen LogP) is 0.0976. The van der Waals surface area contributed by atoms with Crippen LogP contribution in [0, 0.1) is 0 Å². The van der Waals surface area contributed by atoms with Crippen molar-refractivity contribution in [2.24, 2.45) is 0 Å². The molecular formula is C25H34N4O8. The zero-order valence-electron chi connectivity index (χ0n) is 20.3. The summed E-state index contributed by atoms with van der Waals surface area (Å²) in [7, 11) is 0. The fourth-order valence-corrected chi connectivity index (χ4v) is 4.36. The summed E-state index contributed by atoms with van der Waals surface area (Å²) in [6, 6.07) is 11.3. The number of rotatable bonds is 11. The fraction of sp³-hybridized carbons (Fsp3) is 0.480. The van der Waals surface area contributed by atoms with E-state index in [9.17, 15) is 25.2 Å². The fourth-order valence-electron chi connectivity index (χ4n) is 4.36. The van der Waals surface area contributed by atoms with Crippen LogP contribution < -0.4 is 21.2 Å². The molecule has 2 heterocycles. The number of aliphatic hydroxyl groups is 4. The topological polar surface area (TPSA) is 176 Å². The highest BCUT2D eigenvalue weighted by Gasteiger charge is 2.44. The summed E-state index contributed by atoms with van der Waals surface area (Å²) in [5.74, 6) is 0.0542. The molecule has 1 saturated heterocycles. The molecule has 4 rings (SSSR count). The lowest BCUT2D eigenvalue weighted by Gasteiger charge is -2.39. The smallest absolute Gasteiger partial charge is 0.243 e. The quantitative estimate of drug-likeness (QED) is 0.115. The maximum atomic E-state index is 11.0. The molecule has 37 heavy (non-hydrogen) atoms. The van der Waals surface area contributed by atoms with Gasteiger partial charge in [-0.05, 0) is 41.8 Å². The van der Waals surface area contributed by atoms with Crippen LogP contribution in [0.1, 0.15) is 37.7 Å². The van der Waals surface area contributed by atoms with Crippen LogP contribution >= 0.6 is 0 Å². The summed E-state index contributed by atoms with van der Waals surface area (Å²) in [5.41, 5.74) is 9.85. The van der Waals surface area contributed by atoms with Gasteiger partial charge in [-0.1, -0.05) is 31.0 Å². The van der Waals surface area contributed by atoms with Crippen LogP contribution in [0.4, 0.5) is 0 Å². The third-order valence-electron chi connectivity index (χ3n) is 6.52. The number of hydrazine groups is 2. The van der Waals surface area contributed by atoms with E-state index in [2.05, 4.69) is 11.0 Å². The number of amides is 1. The van der Waals surface area contributed by atoms with Crippen LogP contribution in [0.15, 0.2) is 42.6 Å². The molecule has 0 aromatic heterocycles. The van der Waals surface area contributed by atoms with Crippen LogP contribution in [-0.4, -0.2) is 80.4 Å². The van der Waals surface area contributed by atoms with E-state index in [1.54, 1.807) is 17.6 Å². The minimum atomic E-state index is -1.50. The van der Waals surface area contributed by atoms with E-state index in [1.165, 1.54) is 0 Å². The van der Waals surface area contributed by atoms with Crippen molar-refractivity contribution in [3.63, 3.8) is 0 Å². The number of fused-ring (bicyclic) bond motifs is 1. The molecule has 8 N–H and O–H groups in total. The average Bonchev–Trinajstić information content (AvgIpc) is 3.39. The summed E-state index contributed by atoms with van der Waals surface area (Å²) in [4.78, 5) is 11.0. The van der Waals surface area contributed by atoms with E-state index in [1.807, 2.05) is 35.5 Å². The van der Waals surface area contributed by atoms with Crippen molar-refractivity contribution in [3.8, 4) is 5.75 Å². The standard InChI is InChI=1S/C25H34N4O8/c30-14-20-22(32)23(33)24(34)25(37-20)36-18-9-8-15-11-17(7-6-16(15)12-18)19-13-29(28-26-19)10-4-2-1-3-5-21(31)27-35/h6-9,11-13,20,22-26,28,30,32-35H,1-5,10,14H2,(H,27,31)/t20-,22-,23+,24-,25+/m1/s1. The molecule has 0 bridgehead atoms. The monoisotopic (exact) mass is 518 g/mol. The Balaban J connectivity index is 1.32. The third kappa shape index (κ3) is 6.67. The van der Waals surface area contributed by atoms with Crippen molar-refractivity contribution >= 4 is 22.4 Å². The molecule has 0 aliphatic carbocycles. The first-order chi connectivity index (χ1) is 17.9. The first-order valence-electron chi connectivity index (χ1n) is 12.3. The van der Waals surface area contributed by atoms with Crippen LogP contribution in [0.25, 0.3) is 16.5 Å². The van der Waals surface area contributed by atoms with Gasteiger partial charge in [0.05, 0.1) is 12.3 Å². The van der Waals surface area contributed by atoms with Gasteiger partial charge in [0.1, 0.15) is 30.2 Å². The zero-order valence-corrected chi connectivity index (χ0v) is 20.3. The molecule has 202 valence electrons. The molecule has 0 radical (unpaired) electrons. The SMILES string of the molecule is O=C(CCCCCCN1C=C(c2ccc3cc(O[C@H]4O[C@H](CO)[C@@H](O)[C@H](O)[C@H]4O)ccc3c2)NN1)NO. The van der Waals surface area contributed by atoms with Crippen molar-refractivity contribution in [2.75, 3.05) is 13.2 Å². The Morgan fingerprint density at radius 1 is 1.00 bits per heavy atom. The summed E-state index contributed by atoms with van der Waals surface area (Å²) in [6.07, 6.45) is -0.778. The Hall–Kier alpha value is -2.97. The van der Waals surface area contributed by atoms with Gasteiger partial charge in [-0.2, -0.15) is 0 Å². The maximum absolute atomic E-state index is 11.0. The first kappa shape index (κ1) is 27.1. The van der Waals surface area contributed by atoms with E-state index in [0.717, 1.165) is 54.3 Å². The van der Waals surface area contributed by atoms with Crippen LogP contribution in [0.2, 0.25) is 0 Å². The van der Waals surface area contributed by atoms with Crippen molar-refractivity contribution in [2.45, 2.75) is 62.8 Å². The second-order valence-corrected chi connectivity index (χ2v) is 9.21. The molecule has 2 aliphatic heterocycles. The van der Waals surface area contributed by atoms with Gasteiger partial charge in [0.15, 0.2) is 0 Å². The lowest BCUT2D eigenvalue weighted by Crippen LogP contribution is -2.60. The van der Waals surface area contributed by atoms with Crippen LogP contribution in [0.5, 0.6) is 5.75 Å². The molecule has 1 amide bonds. The number of unbranched alkanes of at least 4 members (excludes halogenated alkanes) is 3. The highest BCUT2D eigenvalue weighted by Crippen LogP contribution is 2.28. The van der Waals surface area contributed by atoms with Gasteiger partial charge in [-0.3, -0.25) is 15.0 Å². The molecule has 12 heteroatoms. The number of hydrogen-bond donors (Lipinski definition) is 8. The van der Waals surface area contributed by atoms with Gasteiger partial charge in [0.2, 0.25) is 12.2 Å². The largest absolute Gasteiger partial charge is 0.462 e. The van der Waals surface area contributed by atoms with Gasteiger partial charge in [0, 0.05) is 24.7 Å². The van der Waals surface area contributed by atoms with Gasteiger partial charge in [-0.15, -0.1) is 5.53 Å². The number of ether oxygens (including phenoxy) is 2. The Labute approximate surface area is 214 Å². The summed E-state index contributed by atoms with van der Waals surface area (Å²) >= 11 is 0. The molecule has 2 aliphatic rings. The van der Waals surface area contributed by atoms with E-state index in [-0.39, 0.29) is 5.91 Å². The lowest BCUT2D eigenvalue weighted by molar-refractivity contribution is -0.277. The highest BCUT2D eigenvalue weighted by molar-refractivity contribution is 5.87. The Bertz CT molecular complexity index is 1100. The first-order valence-corrected chi connectivity index (χ1v) is 12.3. The molecule has 2 aromatic carbocycles. The van der Waals surface area contributed by atoms with E-state index in [0.29, 0.717) is 12.2 Å². The van der Waals surface area contributed by atoms with Gasteiger partial charge in [0.25, 0.3) is 0 Å². The molecule has 0 saturated carbocycles. The van der Waals surface area contributed by atoms with Gasteiger partial charge >= 0.3 is 0 Å². The summed E-state index contributed by atoms with van der Waals surface area (Å²) in [5, 5.41) is 51.8. The number of hydrogen-bond acceptors (Lipinski definition) is 11. The average molecular weight is 519 g/mol. The second-order valence-electron chi connectivity index (χ2n) is 9.21. The van der Waals surface area contributed by atoms with E-state index < -0.39 is 37.3 Å². The number of hydroxylamine groups is 1. The van der Waals surface area contributed by atoms with Gasteiger partial charge in [-0.25, -0.2) is 5.48 Å². The van der Waals surface area contributed by atoms with Crippen molar-refractivity contribution < 1.29 is 39.9 Å². The zero-order chi connectivity index (χ0) is 26.4. The summed E-state index contributed by atoms with van der Waals surface area (Å²) < 4.78 is 11.1. The normalized spacial score (nSPS) is 25.6. The van der Waals surface area contributed by atoms with E-state index >= 15 is 0 Å². The Kier molecular flexibility index (Phi) is 9.16. The number of benzene rings is 2. The third-order valence-corrected chi connectivity index (χ3v) is 6.52. The number of aliphatic hydroxyl groups excluding tert-OH is 4. The molecule has 12 nitrogen and oxygen atoms in total. The molecule has 1 fully saturated rings. The number of carbonyl (C=O) groups is 1. The molecular weight excluding hydrogens is 484 g/mol. The number of nitrogens with one attached hydrogen (secondary N) is 3. The van der Waals surface area contributed by atoms with E-state index in [4.69, 9.17) is 14.7 Å².